The first-order valence-electron chi connectivity index (χ1n) is 10.3. The van der Waals surface area contributed by atoms with Gasteiger partial charge < -0.3 is 19.4 Å². The van der Waals surface area contributed by atoms with Crippen molar-refractivity contribution in [3.05, 3.63) is 52.9 Å². The zero-order chi connectivity index (χ0) is 23.0. The van der Waals surface area contributed by atoms with Crippen LogP contribution in [0.5, 0.6) is 5.75 Å². The van der Waals surface area contributed by atoms with Crippen LogP contribution in [0, 0.1) is 25.2 Å². The standard InChI is InChI=1S/C24H29N3O4/c1-6-12-27-16(3)13-19(17(27)4)14-20(15-25)24(29)31-18(5)23(28)26-21-10-8-9-11-22(21)30-7-2/h8-11,13-14,18H,6-7,12H2,1-5H3,(H,26,28)/b20-14+. The molecule has 0 aliphatic carbocycles. The second-order valence-electron chi connectivity index (χ2n) is 7.11. The van der Waals surface area contributed by atoms with Crippen molar-refractivity contribution in [2.24, 2.45) is 0 Å². The van der Waals surface area contributed by atoms with Crippen LogP contribution in [0.15, 0.2) is 35.9 Å². The quantitative estimate of drug-likeness (QED) is 0.367. The van der Waals surface area contributed by atoms with Crippen LogP contribution in [0.4, 0.5) is 5.69 Å². The van der Waals surface area contributed by atoms with Crippen molar-refractivity contribution in [1.29, 1.82) is 5.26 Å². The third-order valence-corrected chi connectivity index (χ3v) is 4.80. The zero-order valence-corrected chi connectivity index (χ0v) is 18.7. The summed E-state index contributed by atoms with van der Waals surface area (Å²) in [5, 5.41) is 12.2. The largest absolute Gasteiger partial charge is 0.492 e. The summed E-state index contributed by atoms with van der Waals surface area (Å²) in [4.78, 5) is 25.0. The van der Waals surface area contributed by atoms with Gasteiger partial charge in [-0.15, -0.1) is 0 Å². The van der Waals surface area contributed by atoms with Gasteiger partial charge in [0, 0.05) is 17.9 Å². The van der Waals surface area contributed by atoms with Gasteiger partial charge in [0.25, 0.3) is 5.91 Å². The smallest absolute Gasteiger partial charge is 0.349 e. The number of amides is 1. The molecule has 0 aliphatic rings. The van der Waals surface area contributed by atoms with E-state index in [1.807, 2.05) is 32.9 Å². The average molecular weight is 424 g/mol. The van der Waals surface area contributed by atoms with Gasteiger partial charge in [0.05, 0.1) is 12.3 Å². The van der Waals surface area contributed by atoms with Crippen molar-refractivity contribution in [3.63, 3.8) is 0 Å². The Labute approximate surface area is 183 Å². The third-order valence-electron chi connectivity index (χ3n) is 4.80. The van der Waals surface area contributed by atoms with E-state index in [-0.39, 0.29) is 5.57 Å². The zero-order valence-electron chi connectivity index (χ0n) is 18.7. The third kappa shape index (κ3) is 5.98. The number of hydrogen-bond donors (Lipinski definition) is 1. The molecule has 31 heavy (non-hydrogen) atoms. The number of anilines is 1. The van der Waals surface area contributed by atoms with Gasteiger partial charge in [-0.3, -0.25) is 4.79 Å². The van der Waals surface area contributed by atoms with Crippen molar-refractivity contribution >= 4 is 23.6 Å². The second kappa shape index (κ2) is 11.0. The van der Waals surface area contributed by atoms with E-state index < -0.39 is 18.0 Å². The highest BCUT2D eigenvalue weighted by Crippen LogP contribution is 2.24. The molecule has 1 aromatic carbocycles. The Morgan fingerprint density at radius 2 is 1.97 bits per heavy atom. The molecule has 1 unspecified atom stereocenters. The Kier molecular flexibility index (Phi) is 8.44. The van der Waals surface area contributed by atoms with Crippen LogP contribution in [0.3, 0.4) is 0 Å². The Bertz CT molecular complexity index is 1010. The fourth-order valence-corrected chi connectivity index (χ4v) is 3.20. The lowest BCUT2D eigenvalue weighted by molar-refractivity contribution is -0.148. The van der Waals surface area contributed by atoms with Crippen LogP contribution in [-0.2, 0) is 20.9 Å². The maximum atomic E-state index is 12.5. The fourth-order valence-electron chi connectivity index (χ4n) is 3.20. The van der Waals surface area contributed by atoms with E-state index in [2.05, 4.69) is 16.8 Å². The van der Waals surface area contributed by atoms with E-state index in [9.17, 15) is 14.9 Å². The normalized spacial score (nSPS) is 12.1. The number of carbonyl (C=O) groups excluding carboxylic acids is 2. The molecule has 0 aliphatic heterocycles. The molecular weight excluding hydrogens is 394 g/mol. The van der Waals surface area contributed by atoms with Gasteiger partial charge in [-0.2, -0.15) is 5.26 Å². The molecule has 0 spiro atoms. The highest BCUT2D eigenvalue weighted by molar-refractivity contribution is 6.01. The van der Waals surface area contributed by atoms with Gasteiger partial charge in [-0.25, -0.2) is 4.79 Å². The number of nitrogens with zero attached hydrogens (tertiary/aromatic N) is 2. The molecule has 1 heterocycles. The number of nitrogens with one attached hydrogen (secondary N) is 1. The lowest BCUT2D eigenvalue weighted by Gasteiger charge is -2.15. The number of benzene rings is 1. The number of hydrogen-bond acceptors (Lipinski definition) is 5. The van der Waals surface area contributed by atoms with Crippen molar-refractivity contribution in [3.8, 4) is 11.8 Å². The summed E-state index contributed by atoms with van der Waals surface area (Å²) in [6, 6.07) is 10.8. The summed E-state index contributed by atoms with van der Waals surface area (Å²) in [5.41, 5.74) is 3.13. The van der Waals surface area contributed by atoms with Crippen LogP contribution < -0.4 is 10.1 Å². The Hall–Kier alpha value is -3.53. The predicted octanol–water partition coefficient (Wildman–Crippen LogP) is 4.39. The number of rotatable bonds is 9. The lowest BCUT2D eigenvalue weighted by Crippen LogP contribution is -2.30. The highest BCUT2D eigenvalue weighted by Gasteiger charge is 2.22. The fraction of sp³-hybridized carbons (Fsp3) is 0.375. The number of ether oxygens (including phenoxy) is 2. The summed E-state index contributed by atoms with van der Waals surface area (Å²) in [5.74, 6) is -0.834. The molecule has 0 saturated heterocycles. The maximum Gasteiger partial charge on any atom is 0.349 e. The van der Waals surface area contributed by atoms with Crippen LogP contribution in [0.2, 0.25) is 0 Å². The molecule has 0 radical (unpaired) electrons. The predicted molar refractivity (Wildman–Crippen MR) is 120 cm³/mol. The van der Waals surface area contributed by atoms with E-state index in [0.29, 0.717) is 18.0 Å². The minimum atomic E-state index is -1.09. The summed E-state index contributed by atoms with van der Waals surface area (Å²) in [6.07, 6.45) is 1.39. The Morgan fingerprint density at radius 3 is 2.61 bits per heavy atom. The van der Waals surface area contributed by atoms with Gasteiger partial charge >= 0.3 is 5.97 Å². The lowest BCUT2D eigenvalue weighted by atomic mass is 10.1. The van der Waals surface area contributed by atoms with Crippen molar-refractivity contribution in [1.82, 2.24) is 4.57 Å². The first-order valence-corrected chi connectivity index (χ1v) is 10.3. The molecule has 1 amide bonds. The molecule has 1 atom stereocenters. The van der Waals surface area contributed by atoms with Crippen LogP contribution in [0.1, 0.15) is 44.1 Å². The number of esters is 1. The second-order valence-corrected chi connectivity index (χ2v) is 7.11. The van der Waals surface area contributed by atoms with Gasteiger partial charge in [0.15, 0.2) is 6.10 Å². The molecule has 0 saturated carbocycles. The van der Waals surface area contributed by atoms with Crippen molar-refractivity contribution < 1.29 is 19.1 Å². The van der Waals surface area contributed by atoms with E-state index in [0.717, 1.165) is 29.9 Å². The summed E-state index contributed by atoms with van der Waals surface area (Å²) < 4.78 is 12.9. The highest BCUT2D eigenvalue weighted by atomic mass is 16.5. The van der Waals surface area contributed by atoms with Crippen molar-refractivity contribution in [2.45, 2.75) is 53.7 Å². The van der Waals surface area contributed by atoms with Gasteiger partial charge in [-0.1, -0.05) is 19.1 Å². The monoisotopic (exact) mass is 423 g/mol. The Morgan fingerprint density at radius 1 is 1.26 bits per heavy atom. The number of nitriles is 1. The summed E-state index contributed by atoms with van der Waals surface area (Å²) >= 11 is 0. The number of para-hydroxylation sites is 2. The van der Waals surface area contributed by atoms with Crippen LogP contribution in [-0.4, -0.2) is 29.2 Å². The minimum Gasteiger partial charge on any atom is -0.492 e. The molecule has 1 aromatic heterocycles. The van der Waals surface area contributed by atoms with Crippen LogP contribution in [0.25, 0.3) is 6.08 Å². The van der Waals surface area contributed by atoms with E-state index in [4.69, 9.17) is 9.47 Å². The number of aryl methyl sites for hydroxylation is 1. The Balaban J connectivity index is 2.12. The average Bonchev–Trinajstić information content (AvgIpc) is 3.01. The molecule has 7 heteroatoms. The molecule has 2 rings (SSSR count). The number of aromatic nitrogens is 1. The molecule has 0 fully saturated rings. The molecule has 164 valence electrons. The minimum absolute atomic E-state index is 0.161. The SMILES string of the molecule is CCCn1c(C)cc(/C=C(\C#N)C(=O)OC(C)C(=O)Nc2ccccc2OCC)c1C. The van der Waals surface area contributed by atoms with E-state index in [1.165, 1.54) is 13.0 Å². The summed E-state index contributed by atoms with van der Waals surface area (Å²) in [6.45, 7) is 10.6. The maximum absolute atomic E-state index is 12.5. The first-order chi connectivity index (χ1) is 14.8. The summed E-state index contributed by atoms with van der Waals surface area (Å²) in [7, 11) is 0. The van der Waals surface area contributed by atoms with Gasteiger partial charge in [0.1, 0.15) is 17.4 Å². The molecule has 2 aromatic rings. The van der Waals surface area contributed by atoms with Gasteiger partial charge in [0.2, 0.25) is 0 Å². The van der Waals surface area contributed by atoms with Crippen molar-refractivity contribution in [2.75, 3.05) is 11.9 Å². The molecule has 7 nitrogen and oxygen atoms in total. The first kappa shape index (κ1) is 23.7. The topological polar surface area (TPSA) is 93.4 Å². The van der Waals surface area contributed by atoms with Gasteiger partial charge in [-0.05, 0) is 64.0 Å². The molecule has 0 bridgehead atoms. The van der Waals surface area contributed by atoms with E-state index >= 15 is 0 Å². The molecular formula is C24H29N3O4. The van der Waals surface area contributed by atoms with E-state index in [1.54, 1.807) is 24.3 Å². The van der Waals surface area contributed by atoms with Crippen LogP contribution >= 0.6 is 0 Å². The molecule has 1 N–H and O–H groups in total. The number of carbonyl (C=O) groups is 2.